The first-order valence-electron chi connectivity index (χ1n) is 7.70. The lowest BCUT2D eigenvalue weighted by Gasteiger charge is -2.10. The summed E-state index contributed by atoms with van der Waals surface area (Å²) in [6.45, 7) is 8.86. The third kappa shape index (κ3) is 3.59. The molecule has 0 aliphatic carbocycles. The van der Waals surface area contributed by atoms with Gasteiger partial charge in [0.25, 0.3) is 11.8 Å². The van der Waals surface area contributed by atoms with Gasteiger partial charge in [-0.3, -0.25) is 14.3 Å². The highest BCUT2D eigenvalue weighted by Crippen LogP contribution is 2.19. The van der Waals surface area contributed by atoms with E-state index in [0.717, 1.165) is 11.3 Å². The topological polar surface area (TPSA) is 76.0 Å². The standard InChI is InChI=1S/C17H22N4O2/c1-5-18-16(22)13-8-7-11(3)15(9-13)20-17(23)14-10-19-21(6-2)12(14)4/h7-10H,5-6H2,1-4H3,(H,18,22)(H,20,23). The molecule has 1 heterocycles. The predicted molar refractivity (Wildman–Crippen MR) is 89.8 cm³/mol. The number of aryl methyl sites for hydroxylation is 2. The second kappa shape index (κ2) is 7.09. The largest absolute Gasteiger partial charge is 0.352 e. The van der Waals surface area contributed by atoms with Gasteiger partial charge in [-0.25, -0.2) is 0 Å². The van der Waals surface area contributed by atoms with Crippen molar-refractivity contribution in [3.8, 4) is 0 Å². The SMILES string of the molecule is CCNC(=O)c1ccc(C)c(NC(=O)c2cnn(CC)c2C)c1. The molecule has 2 aromatic rings. The van der Waals surface area contributed by atoms with E-state index >= 15 is 0 Å². The molecule has 23 heavy (non-hydrogen) atoms. The van der Waals surface area contributed by atoms with Crippen LogP contribution in [0, 0.1) is 13.8 Å². The fourth-order valence-corrected chi connectivity index (χ4v) is 2.34. The monoisotopic (exact) mass is 314 g/mol. The molecular formula is C17H22N4O2. The van der Waals surface area contributed by atoms with Crippen molar-refractivity contribution >= 4 is 17.5 Å². The molecule has 0 radical (unpaired) electrons. The van der Waals surface area contributed by atoms with Crippen LogP contribution in [-0.2, 0) is 6.54 Å². The number of nitrogens with one attached hydrogen (secondary N) is 2. The maximum atomic E-state index is 12.5. The number of carbonyl (C=O) groups excluding carboxylic acids is 2. The molecule has 2 amide bonds. The third-order valence-corrected chi connectivity index (χ3v) is 3.73. The van der Waals surface area contributed by atoms with E-state index in [1.807, 2.05) is 33.8 Å². The Bertz CT molecular complexity index is 734. The summed E-state index contributed by atoms with van der Waals surface area (Å²) in [5.74, 6) is -0.378. The van der Waals surface area contributed by atoms with Gasteiger partial charge in [0.1, 0.15) is 0 Å². The van der Waals surface area contributed by atoms with Crippen LogP contribution in [0.15, 0.2) is 24.4 Å². The summed E-state index contributed by atoms with van der Waals surface area (Å²) in [5.41, 5.74) is 3.40. The summed E-state index contributed by atoms with van der Waals surface area (Å²) >= 11 is 0. The van der Waals surface area contributed by atoms with E-state index in [0.29, 0.717) is 29.9 Å². The van der Waals surface area contributed by atoms with Gasteiger partial charge in [0.2, 0.25) is 0 Å². The molecule has 122 valence electrons. The van der Waals surface area contributed by atoms with Gasteiger partial charge in [-0.05, 0) is 45.4 Å². The van der Waals surface area contributed by atoms with Crippen molar-refractivity contribution in [1.82, 2.24) is 15.1 Å². The van der Waals surface area contributed by atoms with Crippen molar-refractivity contribution in [2.45, 2.75) is 34.2 Å². The minimum Gasteiger partial charge on any atom is -0.352 e. The van der Waals surface area contributed by atoms with Crippen LogP contribution >= 0.6 is 0 Å². The van der Waals surface area contributed by atoms with E-state index < -0.39 is 0 Å². The van der Waals surface area contributed by atoms with Crippen LogP contribution in [0.3, 0.4) is 0 Å². The van der Waals surface area contributed by atoms with E-state index in [1.165, 1.54) is 0 Å². The van der Waals surface area contributed by atoms with Crippen LogP contribution in [0.5, 0.6) is 0 Å². The second-order valence-electron chi connectivity index (χ2n) is 5.30. The van der Waals surface area contributed by atoms with Gasteiger partial charge in [-0.2, -0.15) is 5.10 Å². The van der Waals surface area contributed by atoms with Crippen molar-refractivity contribution in [3.05, 3.63) is 46.8 Å². The van der Waals surface area contributed by atoms with Gasteiger partial charge in [0.05, 0.1) is 11.8 Å². The lowest BCUT2D eigenvalue weighted by molar-refractivity contribution is 0.0954. The fourth-order valence-electron chi connectivity index (χ4n) is 2.34. The minimum atomic E-state index is -0.224. The number of nitrogens with zero attached hydrogens (tertiary/aromatic N) is 2. The number of amides is 2. The summed E-state index contributed by atoms with van der Waals surface area (Å²) in [4.78, 5) is 24.4. The molecule has 0 atom stereocenters. The molecule has 6 heteroatoms. The quantitative estimate of drug-likeness (QED) is 0.890. The van der Waals surface area contributed by atoms with Gasteiger partial charge >= 0.3 is 0 Å². The molecule has 0 unspecified atom stereocenters. The molecule has 0 fully saturated rings. The number of hydrogen-bond donors (Lipinski definition) is 2. The summed E-state index contributed by atoms with van der Waals surface area (Å²) in [6, 6.07) is 5.26. The fraction of sp³-hybridized carbons (Fsp3) is 0.353. The van der Waals surface area contributed by atoms with Crippen molar-refractivity contribution in [2.24, 2.45) is 0 Å². The average Bonchev–Trinajstić information content (AvgIpc) is 2.90. The molecule has 1 aromatic carbocycles. The second-order valence-corrected chi connectivity index (χ2v) is 5.30. The van der Waals surface area contributed by atoms with Gasteiger partial charge in [0, 0.05) is 30.0 Å². The zero-order valence-corrected chi connectivity index (χ0v) is 13.9. The number of benzene rings is 1. The smallest absolute Gasteiger partial charge is 0.259 e. The number of aromatic nitrogens is 2. The molecule has 0 spiro atoms. The Hall–Kier alpha value is -2.63. The van der Waals surface area contributed by atoms with Crippen molar-refractivity contribution in [1.29, 1.82) is 0 Å². The Labute approximate surface area is 135 Å². The van der Waals surface area contributed by atoms with Crippen molar-refractivity contribution in [3.63, 3.8) is 0 Å². The van der Waals surface area contributed by atoms with Gasteiger partial charge in [0.15, 0.2) is 0 Å². The summed E-state index contributed by atoms with van der Waals surface area (Å²) in [6.07, 6.45) is 1.57. The summed E-state index contributed by atoms with van der Waals surface area (Å²) in [7, 11) is 0. The Morgan fingerprint density at radius 1 is 1.17 bits per heavy atom. The number of rotatable bonds is 5. The average molecular weight is 314 g/mol. The molecule has 0 saturated heterocycles. The lowest BCUT2D eigenvalue weighted by atomic mass is 10.1. The Balaban J connectivity index is 2.24. The third-order valence-electron chi connectivity index (χ3n) is 3.73. The number of anilines is 1. The molecule has 1 aromatic heterocycles. The van der Waals surface area contributed by atoms with Crippen LogP contribution in [0.1, 0.15) is 45.8 Å². The Kier molecular flexibility index (Phi) is 5.16. The van der Waals surface area contributed by atoms with Crippen molar-refractivity contribution in [2.75, 3.05) is 11.9 Å². The number of hydrogen-bond acceptors (Lipinski definition) is 3. The van der Waals surface area contributed by atoms with Crippen LogP contribution in [0.25, 0.3) is 0 Å². The van der Waals surface area contributed by atoms with Crippen LogP contribution < -0.4 is 10.6 Å². The molecule has 2 N–H and O–H groups in total. The van der Waals surface area contributed by atoms with Crippen LogP contribution in [0.4, 0.5) is 5.69 Å². The lowest BCUT2D eigenvalue weighted by Crippen LogP contribution is -2.23. The Morgan fingerprint density at radius 3 is 2.52 bits per heavy atom. The first-order valence-corrected chi connectivity index (χ1v) is 7.70. The number of carbonyl (C=O) groups is 2. The van der Waals surface area contributed by atoms with E-state index in [-0.39, 0.29) is 11.8 Å². The zero-order chi connectivity index (χ0) is 17.0. The molecule has 0 aliphatic rings. The van der Waals surface area contributed by atoms with Gasteiger partial charge < -0.3 is 10.6 Å². The molecular weight excluding hydrogens is 292 g/mol. The normalized spacial score (nSPS) is 10.4. The summed E-state index contributed by atoms with van der Waals surface area (Å²) < 4.78 is 1.77. The predicted octanol–water partition coefficient (Wildman–Crippen LogP) is 2.52. The van der Waals surface area contributed by atoms with E-state index in [2.05, 4.69) is 15.7 Å². The highest BCUT2D eigenvalue weighted by molar-refractivity contribution is 6.06. The van der Waals surface area contributed by atoms with Crippen molar-refractivity contribution < 1.29 is 9.59 Å². The molecule has 0 aliphatic heterocycles. The van der Waals surface area contributed by atoms with Gasteiger partial charge in [-0.15, -0.1) is 0 Å². The van der Waals surface area contributed by atoms with Gasteiger partial charge in [-0.1, -0.05) is 6.07 Å². The molecule has 0 saturated carbocycles. The molecule has 0 bridgehead atoms. The zero-order valence-electron chi connectivity index (χ0n) is 13.9. The highest BCUT2D eigenvalue weighted by Gasteiger charge is 2.15. The van der Waals surface area contributed by atoms with E-state index in [1.54, 1.807) is 23.0 Å². The van der Waals surface area contributed by atoms with Crippen LogP contribution in [-0.4, -0.2) is 28.1 Å². The molecule has 2 rings (SSSR count). The maximum Gasteiger partial charge on any atom is 0.259 e. The Morgan fingerprint density at radius 2 is 1.91 bits per heavy atom. The first-order chi connectivity index (χ1) is 11.0. The van der Waals surface area contributed by atoms with Crippen LogP contribution in [0.2, 0.25) is 0 Å². The first kappa shape index (κ1) is 16.7. The van der Waals surface area contributed by atoms with E-state index in [4.69, 9.17) is 0 Å². The minimum absolute atomic E-state index is 0.155. The highest BCUT2D eigenvalue weighted by atomic mass is 16.2. The summed E-state index contributed by atoms with van der Waals surface area (Å²) in [5, 5.41) is 9.80. The van der Waals surface area contributed by atoms with E-state index in [9.17, 15) is 9.59 Å². The molecule has 6 nitrogen and oxygen atoms in total. The maximum absolute atomic E-state index is 12.5.